The van der Waals surface area contributed by atoms with Gasteiger partial charge in [-0.1, -0.05) is 0 Å². The molecular weight excluding hydrogens is 284 g/mol. The van der Waals surface area contributed by atoms with Crippen molar-refractivity contribution in [2.45, 2.75) is 31.8 Å². The van der Waals surface area contributed by atoms with Gasteiger partial charge in [0.05, 0.1) is 5.69 Å². The zero-order chi connectivity index (χ0) is 15.7. The topological polar surface area (TPSA) is 88.3 Å². The molecule has 1 unspecified atom stereocenters. The maximum Gasteiger partial charge on any atom is 0.326 e. The van der Waals surface area contributed by atoms with Gasteiger partial charge in [-0.05, 0) is 38.0 Å². The molecule has 2 aromatic heterocycles. The van der Waals surface area contributed by atoms with Crippen LogP contribution in [-0.4, -0.2) is 48.7 Å². The quantitative estimate of drug-likeness (QED) is 0.900. The molecule has 1 aliphatic carbocycles. The average molecular weight is 300 g/mol. The molecule has 1 fully saturated rings. The van der Waals surface area contributed by atoms with Crippen LogP contribution in [0, 0.1) is 0 Å². The minimum Gasteiger partial charge on any atom is -0.480 e. The molecule has 0 saturated heterocycles. The van der Waals surface area contributed by atoms with E-state index in [1.807, 2.05) is 0 Å². The third kappa shape index (κ3) is 2.69. The van der Waals surface area contributed by atoms with Gasteiger partial charge >= 0.3 is 5.97 Å². The molecule has 22 heavy (non-hydrogen) atoms. The van der Waals surface area contributed by atoms with E-state index in [1.54, 1.807) is 35.3 Å². The highest BCUT2D eigenvalue weighted by molar-refractivity contribution is 5.95. The predicted molar refractivity (Wildman–Crippen MR) is 77.6 cm³/mol. The van der Waals surface area contributed by atoms with Crippen molar-refractivity contribution in [3.8, 4) is 5.69 Å². The van der Waals surface area contributed by atoms with Gasteiger partial charge in [-0.15, -0.1) is 0 Å². The SMILES string of the molecule is CC(C(=O)O)N(C(=O)c1cc(-n2cccn2)ccn1)C1CC1. The molecule has 7 nitrogen and oxygen atoms in total. The number of pyridine rings is 1. The number of carbonyl (C=O) groups excluding carboxylic acids is 1. The lowest BCUT2D eigenvalue weighted by Gasteiger charge is -2.26. The van der Waals surface area contributed by atoms with Crippen LogP contribution in [0.5, 0.6) is 0 Å². The monoisotopic (exact) mass is 300 g/mol. The van der Waals surface area contributed by atoms with E-state index in [4.69, 9.17) is 0 Å². The zero-order valence-corrected chi connectivity index (χ0v) is 12.1. The first-order valence-electron chi connectivity index (χ1n) is 7.09. The van der Waals surface area contributed by atoms with Crippen LogP contribution < -0.4 is 0 Å². The Morgan fingerprint density at radius 2 is 2.18 bits per heavy atom. The Balaban J connectivity index is 1.90. The predicted octanol–water partition coefficient (Wildman–Crippen LogP) is 1.35. The summed E-state index contributed by atoms with van der Waals surface area (Å²) in [5.41, 5.74) is 0.940. The number of carboxylic acid groups (broad SMARTS) is 1. The largest absolute Gasteiger partial charge is 0.480 e. The number of carbonyl (C=O) groups is 2. The number of amides is 1. The average Bonchev–Trinajstić information content (AvgIpc) is 3.19. The number of rotatable bonds is 5. The van der Waals surface area contributed by atoms with Crippen LogP contribution in [0.4, 0.5) is 0 Å². The summed E-state index contributed by atoms with van der Waals surface area (Å²) in [4.78, 5) is 29.4. The second-order valence-corrected chi connectivity index (χ2v) is 5.31. The first kappa shape index (κ1) is 14.2. The van der Waals surface area contributed by atoms with Crippen molar-refractivity contribution in [1.82, 2.24) is 19.7 Å². The fourth-order valence-electron chi connectivity index (χ4n) is 2.36. The zero-order valence-electron chi connectivity index (χ0n) is 12.1. The molecule has 2 heterocycles. The van der Waals surface area contributed by atoms with E-state index in [1.165, 1.54) is 18.0 Å². The van der Waals surface area contributed by atoms with Gasteiger partial charge < -0.3 is 10.0 Å². The highest BCUT2D eigenvalue weighted by Gasteiger charge is 2.39. The van der Waals surface area contributed by atoms with Crippen molar-refractivity contribution in [3.63, 3.8) is 0 Å². The number of carboxylic acids is 1. The van der Waals surface area contributed by atoms with Gasteiger partial charge in [0.15, 0.2) is 0 Å². The third-order valence-electron chi connectivity index (χ3n) is 3.68. The molecule has 1 N–H and O–H groups in total. The van der Waals surface area contributed by atoms with Gasteiger partial charge in [0, 0.05) is 24.6 Å². The Labute approximate surface area is 127 Å². The summed E-state index contributed by atoms with van der Waals surface area (Å²) in [5, 5.41) is 13.3. The minimum absolute atomic E-state index is 0.00578. The smallest absolute Gasteiger partial charge is 0.326 e. The standard InChI is InChI=1S/C15H16N4O3/c1-10(15(21)22)19(11-3-4-11)14(20)13-9-12(5-7-16-13)18-8-2-6-17-18/h2,5-11H,3-4H2,1H3,(H,21,22). The van der Waals surface area contributed by atoms with Gasteiger partial charge in [-0.25, -0.2) is 9.48 Å². The molecule has 114 valence electrons. The van der Waals surface area contributed by atoms with Crippen LogP contribution >= 0.6 is 0 Å². The van der Waals surface area contributed by atoms with Crippen LogP contribution in [0.3, 0.4) is 0 Å². The van der Waals surface area contributed by atoms with Crippen molar-refractivity contribution >= 4 is 11.9 Å². The number of nitrogens with zero attached hydrogens (tertiary/aromatic N) is 4. The fraction of sp³-hybridized carbons (Fsp3) is 0.333. The molecule has 0 spiro atoms. The number of hydrogen-bond acceptors (Lipinski definition) is 4. The number of aromatic nitrogens is 3. The van der Waals surface area contributed by atoms with Gasteiger partial charge in [0.1, 0.15) is 11.7 Å². The second-order valence-electron chi connectivity index (χ2n) is 5.31. The van der Waals surface area contributed by atoms with Crippen LogP contribution in [0.2, 0.25) is 0 Å². The normalized spacial score (nSPS) is 15.3. The van der Waals surface area contributed by atoms with Gasteiger partial charge in [-0.3, -0.25) is 9.78 Å². The summed E-state index contributed by atoms with van der Waals surface area (Å²) in [7, 11) is 0. The minimum atomic E-state index is -1.01. The molecule has 1 amide bonds. The Bertz CT molecular complexity index is 695. The highest BCUT2D eigenvalue weighted by Crippen LogP contribution is 2.30. The summed E-state index contributed by atoms with van der Waals surface area (Å²) in [6.07, 6.45) is 6.61. The maximum absolute atomic E-state index is 12.7. The molecule has 0 aromatic carbocycles. The Hall–Kier alpha value is -2.70. The Morgan fingerprint density at radius 1 is 1.41 bits per heavy atom. The second kappa shape index (κ2) is 5.59. The van der Waals surface area contributed by atoms with Crippen molar-refractivity contribution in [1.29, 1.82) is 0 Å². The van der Waals surface area contributed by atoms with E-state index in [0.29, 0.717) is 5.69 Å². The Morgan fingerprint density at radius 3 is 2.77 bits per heavy atom. The van der Waals surface area contributed by atoms with E-state index in [9.17, 15) is 14.7 Å². The summed E-state index contributed by atoms with van der Waals surface area (Å²) >= 11 is 0. The summed E-state index contributed by atoms with van der Waals surface area (Å²) < 4.78 is 1.63. The van der Waals surface area contributed by atoms with Crippen molar-refractivity contribution in [2.24, 2.45) is 0 Å². The fourth-order valence-corrected chi connectivity index (χ4v) is 2.36. The maximum atomic E-state index is 12.7. The van der Waals surface area contributed by atoms with Gasteiger partial charge in [0.2, 0.25) is 0 Å². The summed E-state index contributed by atoms with van der Waals surface area (Å²) in [6.45, 7) is 1.52. The lowest BCUT2D eigenvalue weighted by molar-refractivity contribution is -0.141. The highest BCUT2D eigenvalue weighted by atomic mass is 16.4. The van der Waals surface area contributed by atoms with E-state index in [-0.39, 0.29) is 17.6 Å². The first-order valence-corrected chi connectivity index (χ1v) is 7.09. The summed E-state index contributed by atoms with van der Waals surface area (Å²) in [6, 6.07) is 4.28. The number of hydrogen-bond donors (Lipinski definition) is 1. The molecule has 1 aliphatic rings. The van der Waals surface area contributed by atoms with Gasteiger partial charge in [0.25, 0.3) is 5.91 Å². The molecule has 1 atom stereocenters. The molecule has 1 saturated carbocycles. The van der Waals surface area contributed by atoms with Gasteiger partial charge in [-0.2, -0.15) is 5.10 Å². The molecule has 3 rings (SSSR count). The number of aliphatic carboxylic acids is 1. The molecule has 0 radical (unpaired) electrons. The molecule has 2 aromatic rings. The molecular formula is C15H16N4O3. The lowest BCUT2D eigenvalue weighted by atomic mass is 10.2. The van der Waals surface area contributed by atoms with Crippen molar-refractivity contribution in [3.05, 3.63) is 42.5 Å². The molecule has 0 bridgehead atoms. The van der Waals surface area contributed by atoms with E-state index < -0.39 is 12.0 Å². The lowest BCUT2D eigenvalue weighted by Crippen LogP contribution is -2.45. The molecule has 0 aliphatic heterocycles. The van der Waals surface area contributed by atoms with Crippen LogP contribution in [0.25, 0.3) is 5.69 Å². The van der Waals surface area contributed by atoms with Crippen LogP contribution in [0.1, 0.15) is 30.3 Å². The Kier molecular flexibility index (Phi) is 3.62. The van der Waals surface area contributed by atoms with Crippen LogP contribution in [0.15, 0.2) is 36.8 Å². The first-order chi connectivity index (χ1) is 10.6. The molecule has 7 heteroatoms. The van der Waals surface area contributed by atoms with E-state index in [0.717, 1.165) is 12.8 Å². The third-order valence-corrected chi connectivity index (χ3v) is 3.68. The van der Waals surface area contributed by atoms with Crippen molar-refractivity contribution in [2.75, 3.05) is 0 Å². The summed E-state index contributed by atoms with van der Waals surface area (Å²) in [5.74, 6) is -1.37. The van der Waals surface area contributed by atoms with Crippen molar-refractivity contribution < 1.29 is 14.7 Å². The van der Waals surface area contributed by atoms with Crippen LogP contribution in [-0.2, 0) is 4.79 Å². The van der Waals surface area contributed by atoms with E-state index >= 15 is 0 Å². The van der Waals surface area contributed by atoms with E-state index in [2.05, 4.69) is 10.1 Å².